The number of carbonyl (C=O) groups is 1. The Balaban J connectivity index is 1.84. The summed E-state index contributed by atoms with van der Waals surface area (Å²) in [5, 5.41) is 3.28. The Hall–Kier alpha value is -0.910. The summed E-state index contributed by atoms with van der Waals surface area (Å²) in [6.45, 7) is 2.18. The van der Waals surface area contributed by atoms with Crippen molar-refractivity contribution in [2.24, 2.45) is 5.41 Å². The number of carbonyl (C=O) groups excluding carboxylic acids is 1. The van der Waals surface area contributed by atoms with Gasteiger partial charge in [0.1, 0.15) is 5.41 Å². The zero-order valence-electron chi connectivity index (χ0n) is 10.2. The van der Waals surface area contributed by atoms with Crippen molar-refractivity contribution in [1.82, 2.24) is 5.32 Å². The van der Waals surface area contributed by atoms with Crippen molar-refractivity contribution < 1.29 is 14.3 Å². The lowest BCUT2D eigenvalue weighted by Crippen LogP contribution is -2.55. The molecule has 0 bridgehead atoms. The molecule has 0 spiro atoms. The Morgan fingerprint density at radius 2 is 2.11 bits per heavy atom. The molecule has 0 aliphatic carbocycles. The second kappa shape index (κ2) is 5.82. The molecule has 1 aliphatic heterocycles. The first kappa shape index (κ1) is 13.5. The second-order valence-electron chi connectivity index (χ2n) is 4.49. The fourth-order valence-electron chi connectivity index (χ4n) is 1.91. The predicted molar refractivity (Wildman–Crippen MR) is 71.1 cm³/mol. The van der Waals surface area contributed by atoms with E-state index < -0.39 is 5.41 Å². The number of benzene rings is 1. The molecule has 1 saturated heterocycles. The standard InChI is InChI=1S/C13H16BrNO3/c1-17-12(16)13(8-18-9-13)7-15-6-10-2-4-11(14)5-3-10/h2-5,15H,6-9H2,1H3. The summed E-state index contributed by atoms with van der Waals surface area (Å²) in [5.41, 5.74) is 0.683. The molecule has 98 valence electrons. The quantitative estimate of drug-likeness (QED) is 0.841. The van der Waals surface area contributed by atoms with E-state index >= 15 is 0 Å². The van der Waals surface area contributed by atoms with Crippen molar-refractivity contribution in [3.05, 3.63) is 34.3 Å². The Morgan fingerprint density at radius 1 is 1.44 bits per heavy atom. The van der Waals surface area contributed by atoms with Gasteiger partial charge >= 0.3 is 5.97 Å². The van der Waals surface area contributed by atoms with Crippen LogP contribution < -0.4 is 5.32 Å². The molecule has 18 heavy (non-hydrogen) atoms. The van der Waals surface area contributed by atoms with E-state index in [0.717, 1.165) is 11.0 Å². The highest BCUT2D eigenvalue weighted by Crippen LogP contribution is 2.28. The first-order valence-corrected chi connectivity index (χ1v) is 6.57. The Bertz CT molecular complexity index is 415. The highest BCUT2D eigenvalue weighted by atomic mass is 79.9. The maximum Gasteiger partial charge on any atom is 0.317 e. The molecule has 0 aromatic heterocycles. The molecule has 1 aromatic rings. The van der Waals surface area contributed by atoms with Gasteiger partial charge in [-0.1, -0.05) is 28.1 Å². The average molecular weight is 314 g/mol. The summed E-state index contributed by atoms with van der Waals surface area (Å²) in [7, 11) is 1.41. The minimum Gasteiger partial charge on any atom is -0.468 e. The average Bonchev–Trinajstić information content (AvgIpc) is 2.34. The molecule has 0 amide bonds. The second-order valence-corrected chi connectivity index (χ2v) is 5.41. The number of nitrogens with one attached hydrogen (secondary N) is 1. The zero-order valence-corrected chi connectivity index (χ0v) is 11.8. The number of hydrogen-bond acceptors (Lipinski definition) is 4. The van der Waals surface area contributed by atoms with Crippen molar-refractivity contribution >= 4 is 21.9 Å². The molecule has 4 nitrogen and oxygen atoms in total. The summed E-state index contributed by atoms with van der Waals surface area (Å²) in [5.74, 6) is -0.197. The van der Waals surface area contributed by atoms with Crippen LogP contribution in [0.25, 0.3) is 0 Å². The monoisotopic (exact) mass is 313 g/mol. The van der Waals surface area contributed by atoms with E-state index in [1.807, 2.05) is 24.3 Å². The van der Waals surface area contributed by atoms with Crippen LogP contribution in [0, 0.1) is 5.41 Å². The lowest BCUT2D eigenvalue weighted by Gasteiger charge is -2.38. The van der Waals surface area contributed by atoms with Crippen molar-refractivity contribution in [2.45, 2.75) is 6.54 Å². The van der Waals surface area contributed by atoms with Crippen LogP contribution in [-0.2, 0) is 20.8 Å². The summed E-state index contributed by atoms with van der Waals surface area (Å²) in [4.78, 5) is 11.7. The molecule has 0 saturated carbocycles. The van der Waals surface area contributed by atoms with Crippen LogP contribution in [0.4, 0.5) is 0 Å². The van der Waals surface area contributed by atoms with Crippen LogP contribution in [0.5, 0.6) is 0 Å². The summed E-state index contributed by atoms with van der Waals surface area (Å²) >= 11 is 3.40. The molecule has 1 fully saturated rings. The normalized spacial score (nSPS) is 17.0. The van der Waals surface area contributed by atoms with Gasteiger partial charge in [-0.15, -0.1) is 0 Å². The van der Waals surface area contributed by atoms with Gasteiger partial charge in [0.15, 0.2) is 0 Å². The molecule has 2 rings (SSSR count). The van der Waals surface area contributed by atoms with Crippen LogP contribution in [0.15, 0.2) is 28.7 Å². The van der Waals surface area contributed by atoms with E-state index in [9.17, 15) is 4.79 Å². The lowest BCUT2D eigenvalue weighted by molar-refractivity contribution is -0.182. The Morgan fingerprint density at radius 3 is 2.61 bits per heavy atom. The molecular formula is C13H16BrNO3. The van der Waals surface area contributed by atoms with Gasteiger partial charge in [0.05, 0.1) is 20.3 Å². The third-order valence-corrected chi connectivity index (χ3v) is 3.61. The molecule has 1 aliphatic rings. The van der Waals surface area contributed by atoms with E-state index in [-0.39, 0.29) is 5.97 Å². The van der Waals surface area contributed by atoms with Crippen LogP contribution in [-0.4, -0.2) is 32.8 Å². The van der Waals surface area contributed by atoms with Gasteiger partial charge in [-0.2, -0.15) is 0 Å². The van der Waals surface area contributed by atoms with Crippen molar-refractivity contribution in [2.75, 3.05) is 26.9 Å². The van der Waals surface area contributed by atoms with Crippen molar-refractivity contribution in [3.63, 3.8) is 0 Å². The van der Waals surface area contributed by atoms with Crippen molar-refractivity contribution in [1.29, 1.82) is 0 Å². The number of esters is 1. The van der Waals surface area contributed by atoms with Crippen LogP contribution >= 0.6 is 15.9 Å². The molecule has 0 atom stereocenters. The smallest absolute Gasteiger partial charge is 0.317 e. The molecular weight excluding hydrogens is 298 g/mol. The van der Waals surface area contributed by atoms with E-state index in [1.54, 1.807) is 0 Å². The molecule has 0 unspecified atom stereocenters. The van der Waals surface area contributed by atoms with Crippen LogP contribution in [0.3, 0.4) is 0 Å². The highest BCUT2D eigenvalue weighted by Gasteiger charge is 2.46. The SMILES string of the molecule is COC(=O)C1(CNCc2ccc(Br)cc2)COC1. The predicted octanol–water partition coefficient (Wildman–Crippen LogP) is 1.73. The third-order valence-electron chi connectivity index (χ3n) is 3.08. The number of ether oxygens (including phenoxy) is 2. The molecule has 1 aromatic carbocycles. The van der Waals surface area contributed by atoms with Gasteiger partial charge in [0.2, 0.25) is 0 Å². The number of rotatable bonds is 5. The molecule has 1 heterocycles. The van der Waals surface area contributed by atoms with E-state index in [1.165, 1.54) is 12.7 Å². The van der Waals surface area contributed by atoms with Gasteiger partial charge in [-0.25, -0.2) is 0 Å². The maximum atomic E-state index is 11.7. The van der Waals surface area contributed by atoms with Gasteiger partial charge in [0.25, 0.3) is 0 Å². The molecule has 0 radical (unpaired) electrons. The Labute approximate surface area is 115 Å². The minimum absolute atomic E-state index is 0.197. The first-order valence-electron chi connectivity index (χ1n) is 5.78. The van der Waals surface area contributed by atoms with Gasteiger partial charge in [0, 0.05) is 17.6 Å². The summed E-state index contributed by atoms with van der Waals surface area (Å²) < 4.78 is 11.0. The van der Waals surface area contributed by atoms with Gasteiger partial charge in [-0.3, -0.25) is 4.79 Å². The minimum atomic E-state index is -0.496. The maximum absolute atomic E-state index is 11.7. The third kappa shape index (κ3) is 2.91. The van der Waals surface area contributed by atoms with Crippen LogP contribution in [0.2, 0.25) is 0 Å². The number of hydrogen-bond donors (Lipinski definition) is 1. The van der Waals surface area contributed by atoms with Crippen molar-refractivity contribution in [3.8, 4) is 0 Å². The van der Waals surface area contributed by atoms with E-state index in [2.05, 4.69) is 21.2 Å². The van der Waals surface area contributed by atoms with Crippen LogP contribution in [0.1, 0.15) is 5.56 Å². The molecule has 1 N–H and O–H groups in total. The van der Waals surface area contributed by atoms with E-state index in [4.69, 9.17) is 9.47 Å². The first-order chi connectivity index (χ1) is 8.66. The zero-order chi connectivity index (χ0) is 13.0. The summed E-state index contributed by atoms with van der Waals surface area (Å²) in [6, 6.07) is 8.08. The molecule has 5 heteroatoms. The largest absolute Gasteiger partial charge is 0.468 e. The fraction of sp³-hybridized carbons (Fsp3) is 0.462. The topological polar surface area (TPSA) is 47.6 Å². The van der Waals surface area contributed by atoms with Gasteiger partial charge in [-0.05, 0) is 17.7 Å². The fourth-order valence-corrected chi connectivity index (χ4v) is 2.17. The number of halogens is 1. The van der Waals surface area contributed by atoms with Gasteiger partial charge < -0.3 is 14.8 Å². The number of methoxy groups -OCH3 is 1. The highest BCUT2D eigenvalue weighted by molar-refractivity contribution is 9.10. The lowest BCUT2D eigenvalue weighted by atomic mass is 9.86. The Kier molecular flexibility index (Phi) is 4.37. The summed E-state index contributed by atoms with van der Waals surface area (Å²) in [6.07, 6.45) is 0. The van der Waals surface area contributed by atoms with E-state index in [0.29, 0.717) is 19.8 Å².